The second-order valence-electron chi connectivity index (χ2n) is 9.17. The summed E-state index contributed by atoms with van der Waals surface area (Å²) in [6.45, 7) is 8.46. The molecule has 3 aromatic carbocycles. The van der Waals surface area contributed by atoms with Crippen LogP contribution in [0.5, 0.6) is 0 Å². The fourth-order valence-corrected chi connectivity index (χ4v) is 4.37. The van der Waals surface area contributed by atoms with Gasteiger partial charge in [0, 0.05) is 5.56 Å². The quantitative estimate of drug-likeness (QED) is 0.529. The molecule has 1 aliphatic rings. The van der Waals surface area contributed by atoms with Crippen LogP contribution in [0.3, 0.4) is 0 Å². The summed E-state index contributed by atoms with van der Waals surface area (Å²) in [5.74, 6) is -0.345. The molecule has 29 heavy (non-hydrogen) atoms. The van der Waals surface area contributed by atoms with Crippen LogP contribution in [0.4, 0.5) is 0 Å². The predicted octanol–water partition coefficient (Wildman–Crippen LogP) is 5.76. The Morgan fingerprint density at radius 1 is 0.931 bits per heavy atom. The molecular weight excluding hydrogens is 358 g/mol. The summed E-state index contributed by atoms with van der Waals surface area (Å²) in [6.07, 6.45) is 0.169. The number of carbonyl (C=O) groups is 1. The summed E-state index contributed by atoms with van der Waals surface area (Å²) in [5.41, 5.74) is 0.752. The highest BCUT2D eigenvalue weighted by Crippen LogP contribution is 2.52. The van der Waals surface area contributed by atoms with Crippen molar-refractivity contribution in [3.63, 3.8) is 0 Å². The van der Waals surface area contributed by atoms with E-state index in [1.165, 1.54) is 5.56 Å². The van der Waals surface area contributed by atoms with Crippen molar-refractivity contribution in [1.82, 2.24) is 0 Å². The van der Waals surface area contributed by atoms with Crippen molar-refractivity contribution >= 4 is 16.7 Å². The zero-order valence-corrected chi connectivity index (χ0v) is 17.3. The molecule has 146 valence electrons. The number of benzene rings is 3. The van der Waals surface area contributed by atoms with Gasteiger partial charge in [-0.15, -0.1) is 0 Å². The molecule has 4 rings (SSSR count). The van der Waals surface area contributed by atoms with Gasteiger partial charge in [-0.25, -0.2) is 0 Å². The zero-order chi connectivity index (χ0) is 20.9. The largest absolute Gasteiger partial charge is 0.438 e. The number of ether oxygens (including phenoxy) is 1. The summed E-state index contributed by atoms with van der Waals surface area (Å²) >= 11 is 0. The van der Waals surface area contributed by atoms with Crippen LogP contribution in [0, 0.1) is 11.3 Å². The van der Waals surface area contributed by atoms with Gasteiger partial charge in [0.1, 0.15) is 6.07 Å². The molecule has 0 N–H and O–H groups in total. The van der Waals surface area contributed by atoms with Crippen molar-refractivity contribution in [3.05, 3.63) is 83.4 Å². The normalized spacial score (nSPS) is 24.3. The smallest absolute Gasteiger partial charge is 0.308 e. The number of hydrogen-bond acceptors (Lipinski definition) is 3. The molecule has 0 radical (unpaired) electrons. The third-order valence-electron chi connectivity index (χ3n) is 6.24. The average Bonchev–Trinajstić information content (AvgIpc) is 2.98. The van der Waals surface area contributed by atoms with E-state index in [1.54, 1.807) is 0 Å². The zero-order valence-electron chi connectivity index (χ0n) is 17.3. The molecule has 0 amide bonds. The molecule has 2 atom stereocenters. The maximum absolute atomic E-state index is 12.5. The molecule has 3 heteroatoms. The first-order valence-corrected chi connectivity index (χ1v) is 9.93. The Kier molecular flexibility index (Phi) is 4.28. The van der Waals surface area contributed by atoms with Crippen molar-refractivity contribution in [2.24, 2.45) is 0 Å². The second kappa shape index (κ2) is 6.46. The van der Waals surface area contributed by atoms with Gasteiger partial charge in [-0.3, -0.25) is 4.79 Å². The van der Waals surface area contributed by atoms with Crippen molar-refractivity contribution in [2.75, 3.05) is 0 Å². The molecule has 0 spiro atoms. The fraction of sp³-hybridized carbons (Fsp3) is 0.308. The molecule has 2 unspecified atom stereocenters. The third-order valence-corrected chi connectivity index (χ3v) is 6.24. The van der Waals surface area contributed by atoms with E-state index in [0.29, 0.717) is 5.56 Å². The standard InChI is InChI=1S/C26H25NO2/c1-24(2,3)20-11-13-21(14-12-20)25(4)16-23(28)29-26(25,17-27)22-10-9-18-7-5-6-8-19(18)15-22/h5-15H,16H2,1-4H3. The van der Waals surface area contributed by atoms with Gasteiger partial charge in [0.05, 0.1) is 11.8 Å². The van der Waals surface area contributed by atoms with E-state index in [9.17, 15) is 10.1 Å². The number of nitrogens with zero attached hydrogens (tertiary/aromatic N) is 1. The minimum atomic E-state index is -1.36. The highest BCUT2D eigenvalue weighted by atomic mass is 16.6. The lowest BCUT2D eigenvalue weighted by molar-refractivity contribution is -0.146. The van der Waals surface area contributed by atoms with E-state index < -0.39 is 11.0 Å². The van der Waals surface area contributed by atoms with Gasteiger partial charge in [-0.05, 0) is 40.3 Å². The number of nitriles is 1. The second-order valence-corrected chi connectivity index (χ2v) is 9.17. The lowest BCUT2D eigenvalue weighted by Gasteiger charge is -2.37. The van der Waals surface area contributed by atoms with E-state index in [4.69, 9.17) is 4.74 Å². The molecule has 0 aliphatic carbocycles. The lowest BCUT2D eigenvalue weighted by Crippen LogP contribution is -2.43. The van der Waals surface area contributed by atoms with E-state index in [0.717, 1.165) is 16.3 Å². The Balaban J connectivity index is 1.88. The monoisotopic (exact) mass is 383 g/mol. The predicted molar refractivity (Wildman–Crippen MR) is 114 cm³/mol. The van der Waals surface area contributed by atoms with Crippen LogP contribution in [0.25, 0.3) is 10.8 Å². The van der Waals surface area contributed by atoms with E-state index in [-0.39, 0.29) is 17.8 Å². The molecular formula is C26H25NO2. The van der Waals surface area contributed by atoms with Crippen molar-refractivity contribution in [3.8, 4) is 6.07 Å². The topological polar surface area (TPSA) is 50.1 Å². The number of fused-ring (bicyclic) bond motifs is 1. The van der Waals surface area contributed by atoms with Crippen LogP contribution in [0.15, 0.2) is 66.7 Å². The molecule has 1 fully saturated rings. The van der Waals surface area contributed by atoms with Gasteiger partial charge in [0.25, 0.3) is 0 Å². The summed E-state index contributed by atoms with van der Waals surface area (Å²) in [5, 5.41) is 12.4. The maximum atomic E-state index is 12.5. The van der Waals surface area contributed by atoms with Gasteiger partial charge < -0.3 is 4.74 Å². The van der Waals surface area contributed by atoms with Crippen LogP contribution in [-0.2, 0) is 26.0 Å². The summed E-state index contributed by atoms with van der Waals surface area (Å²) < 4.78 is 5.80. The number of carbonyl (C=O) groups excluding carboxylic acids is 1. The molecule has 1 saturated heterocycles. The first kappa shape index (κ1) is 19.2. The molecule has 1 aliphatic heterocycles. The number of rotatable bonds is 2. The number of cyclic esters (lactones) is 1. The van der Waals surface area contributed by atoms with Crippen molar-refractivity contribution < 1.29 is 9.53 Å². The fourth-order valence-electron chi connectivity index (χ4n) is 4.37. The van der Waals surface area contributed by atoms with Crippen LogP contribution in [-0.4, -0.2) is 5.97 Å². The minimum Gasteiger partial charge on any atom is -0.438 e. The van der Waals surface area contributed by atoms with E-state index in [1.807, 2.05) is 61.5 Å². The number of hydrogen-bond donors (Lipinski definition) is 0. The van der Waals surface area contributed by atoms with Gasteiger partial charge in [-0.2, -0.15) is 5.26 Å². The Labute approximate surface area is 171 Å². The lowest BCUT2D eigenvalue weighted by atomic mass is 9.65. The van der Waals surface area contributed by atoms with Crippen LogP contribution in [0.2, 0.25) is 0 Å². The number of esters is 1. The molecule has 3 aromatic rings. The highest BCUT2D eigenvalue weighted by Gasteiger charge is 2.60. The third kappa shape index (κ3) is 2.91. The Morgan fingerprint density at radius 2 is 1.55 bits per heavy atom. The Bertz CT molecular complexity index is 1130. The molecule has 0 saturated carbocycles. The van der Waals surface area contributed by atoms with Crippen molar-refractivity contribution in [1.29, 1.82) is 5.26 Å². The molecule has 0 bridgehead atoms. The van der Waals surface area contributed by atoms with Gasteiger partial charge in [-0.1, -0.05) is 81.4 Å². The van der Waals surface area contributed by atoms with Gasteiger partial charge >= 0.3 is 5.97 Å². The first-order chi connectivity index (χ1) is 13.7. The van der Waals surface area contributed by atoms with E-state index >= 15 is 0 Å². The van der Waals surface area contributed by atoms with Crippen molar-refractivity contribution in [2.45, 2.75) is 50.5 Å². The van der Waals surface area contributed by atoms with Crippen LogP contribution >= 0.6 is 0 Å². The Hall–Kier alpha value is -3.12. The summed E-state index contributed by atoms with van der Waals surface area (Å²) in [6, 6.07) is 24.5. The maximum Gasteiger partial charge on any atom is 0.308 e. The molecule has 0 aromatic heterocycles. The van der Waals surface area contributed by atoms with Crippen LogP contribution in [0.1, 0.15) is 50.8 Å². The molecule has 3 nitrogen and oxygen atoms in total. The Morgan fingerprint density at radius 3 is 2.17 bits per heavy atom. The van der Waals surface area contributed by atoms with Crippen LogP contribution < -0.4 is 0 Å². The van der Waals surface area contributed by atoms with Gasteiger partial charge in [0.15, 0.2) is 0 Å². The SMILES string of the molecule is CC(C)(C)c1ccc(C2(C)CC(=O)OC2(C#N)c2ccc3ccccc3c2)cc1. The average molecular weight is 383 g/mol. The first-order valence-electron chi connectivity index (χ1n) is 9.93. The van der Waals surface area contributed by atoms with E-state index in [2.05, 4.69) is 39.0 Å². The summed E-state index contributed by atoms with van der Waals surface area (Å²) in [7, 11) is 0. The summed E-state index contributed by atoms with van der Waals surface area (Å²) in [4.78, 5) is 12.5. The minimum absolute atomic E-state index is 0.0338. The van der Waals surface area contributed by atoms with Gasteiger partial charge in [0.2, 0.25) is 5.60 Å². The highest BCUT2D eigenvalue weighted by molar-refractivity contribution is 5.84. The molecule has 1 heterocycles.